The van der Waals surface area contributed by atoms with Gasteiger partial charge in [0.1, 0.15) is 11.6 Å². The number of hydrogen-bond donors (Lipinski definition) is 2. The largest absolute Gasteiger partial charge is 0.497 e. The van der Waals surface area contributed by atoms with Gasteiger partial charge in [-0.1, -0.05) is 24.3 Å². The Morgan fingerprint density at radius 1 is 1.11 bits per heavy atom. The number of anilines is 1. The Morgan fingerprint density at radius 3 is 2.57 bits per heavy atom. The molecule has 0 saturated carbocycles. The number of nitrogens with zero attached hydrogens (tertiary/aromatic N) is 2. The number of carboxylic acids is 1. The maximum Gasteiger partial charge on any atom is 0.307 e. The average molecular weight is 472 g/mol. The van der Waals surface area contributed by atoms with Gasteiger partial charge in [-0.2, -0.15) is 0 Å². The third-order valence-corrected chi connectivity index (χ3v) is 6.66. The van der Waals surface area contributed by atoms with Crippen LogP contribution in [0.15, 0.2) is 59.4 Å². The Labute approximate surface area is 201 Å². The number of methoxy groups -OCH3 is 1. The first-order chi connectivity index (χ1) is 16.9. The summed E-state index contributed by atoms with van der Waals surface area (Å²) >= 11 is 0. The Morgan fingerprint density at radius 2 is 1.86 bits per heavy atom. The lowest BCUT2D eigenvalue weighted by molar-refractivity contribution is -0.146. The quantitative estimate of drug-likeness (QED) is 0.545. The predicted molar refractivity (Wildman–Crippen MR) is 133 cm³/mol. The number of aromatic nitrogens is 2. The molecule has 1 aromatic heterocycles. The van der Waals surface area contributed by atoms with Crippen molar-refractivity contribution in [3.8, 4) is 5.75 Å². The Balaban J connectivity index is 1.45. The molecule has 2 aromatic carbocycles. The van der Waals surface area contributed by atoms with Crippen LogP contribution in [0, 0.1) is 11.8 Å². The van der Waals surface area contributed by atoms with Gasteiger partial charge in [0.15, 0.2) is 0 Å². The second-order valence-electron chi connectivity index (χ2n) is 8.80. The van der Waals surface area contributed by atoms with Crippen LogP contribution in [-0.2, 0) is 16.1 Å². The maximum absolute atomic E-state index is 13.1. The van der Waals surface area contributed by atoms with E-state index in [0.29, 0.717) is 48.2 Å². The molecule has 0 radical (unpaired) electrons. The normalized spacial score (nSPS) is 20.1. The molecule has 5 rings (SSSR count). The van der Waals surface area contributed by atoms with Gasteiger partial charge in [0, 0.05) is 12.2 Å². The molecule has 0 fully saturated rings. The lowest BCUT2D eigenvalue weighted by atomic mass is 9.82. The first-order valence-electron chi connectivity index (χ1n) is 11.5. The van der Waals surface area contributed by atoms with Gasteiger partial charge in [-0.25, -0.2) is 4.98 Å². The number of carbonyl (C=O) groups excluding carboxylic acids is 1. The molecule has 1 aliphatic heterocycles. The summed E-state index contributed by atoms with van der Waals surface area (Å²) in [6.45, 7) is 0.559. The fourth-order valence-corrected chi connectivity index (χ4v) is 4.75. The summed E-state index contributed by atoms with van der Waals surface area (Å²) in [4.78, 5) is 42.3. The van der Waals surface area contributed by atoms with E-state index in [9.17, 15) is 19.5 Å². The van der Waals surface area contributed by atoms with Crippen LogP contribution in [0.25, 0.3) is 22.6 Å². The molecule has 8 nitrogen and oxygen atoms in total. The minimum Gasteiger partial charge on any atom is -0.497 e. The molecule has 3 aromatic rings. The van der Waals surface area contributed by atoms with Crippen LogP contribution in [0.5, 0.6) is 5.75 Å². The van der Waals surface area contributed by atoms with Crippen LogP contribution in [0.3, 0.4) is 0 Å². The maximum atomic E-state index is 13.1. The summed E-state index contributed by atoms with van der Waals surface area (Å²) < 4.78 is 6.90. The number of rotatable bonds is 5. The van der Waals surface area contributed by atoms with Crippen molar-refractivity contribution in [1.82, 2.24) is 9.55 Å². The minimum atomic E-state index is -0.977. The second-order valence-corrected chi connectivity index (χ2v) is 8.80. The lowest BCUT2D eigenvalue weighted by Crippen LogP contribution is -2.34. The lowest BCUT2D eigenvalue weighted by Gasteiger charge is -2.24. The fraction of sp³-hybridized carbons (Fsp3) is 0.259. The molecule has 2 heterocycles. The van der Waals surface area contributed by atoms with Crippen molar-refractivity contribution in [2.75, 3.05) is 12.4 Å². The highest BCUT2D eigenvalue weighted by molar-refractivity contribution is 5.97. The molecule has 1 amide bonds. The zero-order valence-corrected chi connectivity index (χ0v) is 19.2. The van der Waals surface area contributed by atoms with Gasteiger partial charge in [-0.15, -0.1) is 0 Å². The molecule has 35 heavy (non-hydrogen) atoms. The number of benzene rings is 2. The van der Waals surface area contributed by atoms with Crippen LogP contribution in [-0.4, -0.2) is 33.6 Å². The zero-order chi connectivity index (χ0) is 24.5. The van der Waals surface area contributed by atoms with Crippen molar-refractivity contribution in [1.29, 1.82) is 0 Å². The highest BCUT2D eigenvalue weighted by Crippen LogP contribution is 2.30. The standard InChI is InChI=1S/C27H25N3O5/c1-35-19-9-6-16(7-10-19)14-17-12-13-30-24(17)29-23-15-18(8-11-22(23)26(30)32)28-25(31)20-4-2-3-5-21(20)27(33)34/h2-3,6-11,14-15,20-21H,4-5,12-13H2,1H3,(H,28,31)(H,33,34)/t20-,21+/m0/s1. The highest BCUT2D eigenvalue weighted by atomic mass is 16.5. The number of allylic oxidation sites excluding steroid dienone is 3. The van der Waals surface area contributed by atoms with Crippen molar-refractivity contribution in [3.63, 3.8) is 0 Å². The molecule has 2 N–H and O–H groups in total. The molecular formula is C27H25N3O5. The van der Waals surface area contributed by atoms with Crippen molar-refractivity contribution >= 4 is 40.1 Å². The van der Waals surface area contributed by atoms with E-state index in [1.54, 1.807) is 36.0 Å². The second kappa shape index (κ2) is 9.21. The number of carbonyl (C=O) groups is 2. The Bertz CT molecular complexity index is 1440. The van der Waals surface area contributed by atoms with E-state index >= 15 is 0 Å². The van der Waals surface area contributed by atoms with Crippen molar-refractivity contribution in [3.05, 3.63) is 76.4 Å². The van der Waals surface area contributed by atoms with Gasteiger partial charge in [0.05, 0.1) is 29.8 Å². The van der Waals surface area contributed by atoms with E-state index in [4.69, 9.17) is 9.72 Å². The highest BCUT2D eigenvalue weighted by Gasteiger charge is 2.34. The molecule has 0 saturated heterocycles. The molecule has 1 aliphatic carbocycles. The first kappa shape index (κ1) is 22.6. The number of ether oxygens (including phenoxy) is 1. The molecular weight excluding hydrogens is 446 g/mol. The van der Waals surface area contributed by atoms with Crippen molar-refractivity contribution < 1.29 is 19.4 Å². The van der Waals surface area contributed by atoms with Gasteiger partial charge >= 0.3 is 5.97 Å². The van der Waals surface area contributed by atoms with E-state index < -0.39 is 17.8 Å². The third kappa shape index (κ3) is 4.35. The van der Waals surface area contributed by atoms with Gasteiger partial charge in [0.2, 0.25) is 5.91 Å². The van der Waals surface area contributed by atoms with E-state index in [0.717, 1.165) is 16.9 Å². The average Bonchev–Trinajstić information content (AvgIpc) is 3.27. The van der Waals surface area contributed by atoms with Crippen molar-refractivity contribution in [2.24, 2.45) is 11.8 Å². The van der Waals surface area contributed by atoms with E-state index in [2.05, 4.69) is 5.32 Å². The number of aliphatic carboxylic acids is 1. The van der Waals surface area contributed by atoms with Gasteiger partial charge < -0.3 is 15.2 Å². The topological polar surface area (TPSA) is 111 Å². The van der Waals surface area contributed by atoms with Gasteiger partial charge in [0.25, 0.3) is 5.56 Å². The molecule has 2 atom stereocenters. The van der Waals surface area contributed by atoms with Crippen LogP contribution in [0.1, 0.15) is 30.7 Å². The molecule has 0 bridgehead atoms. The first-order valence-corrected chi connectivity index (χ1v) is 11.5. The number of carboxylic acid groups (broad SMARTS) is 1. The van der Waals surface area contributed by atoms with E-state index in [1.165, 1.54) is 0 Å². The molecule has 2 aliphatic rings. The van der Waals surface area contributed by atoms with Crippen LogP contribution in [0.4, 0.5) is 5.69 Å². The van der Waals surface area contributed by atoms with E-state index in [-0.39, 0.29) is 11.5 Å². The summed E-state index contributed by atoms with van der Waals surface area (Å²) in [5.74, 6) is -1.34. The predicted octanol–water partition coefficient (Wildman–Crippen LogP) is 3.95. The summed E-state index contributed by atoms with van der Waals surface area (Å²) in [6.07, 6.45) is 7.06. The SMILES string of the molecule is COc1ccc(C=C2CCn3c2nc2cc(NC(=O)[C@H]4CC=CC[C@H]4C(=O)O)ccc2c3=O)cc1. The third-order valence-electron chi connectivity index (χ3n) is 6.66. The summed E-state index contributed by atoms with van der Waals surface area (Å²) in [5.41, 5.74) is 2.79. The number of hydrogen-bond acceptors (Lipinski definition) is 5. The smallest absolute Gasteiger partial charge is 0.307 e. The molecule has 0 unspecified atom stereocenters. The summed E-state index contributed by atoms with van der Waals surface area (Å²) in [7, 11) is 1.62. The summed E-state index contributed by atoms with van der Waals surface area (Å²) in [5, 5.41) is 12.8. The van der Waals surface area contributed by atoms with Crippen LogP contribution < -0.4 is 15.6 Å². The summed E-state index contributed by atoms with van der Waals surface area (Å²) in [6, 6.07) is 12.7. The number of amides is 1. The fourth-order valence-electron chi connectivity index (χ4n) is 4.75. The van der Waals surface area contributed by atoms with E-state index in [1.807, 2.05) is 36.4 Å². The monoisotopic (exact) mass is 471 g/mol. The number of nitrogens with one attached hydrogen (secondary N) is 1. The van der Waals surface area contributed by atoms with Crippen molar-refractivity contribution in [2.45, 2.75) is 25.8 Å². The number of fused-ring (bicyclic) bond motifs is 2. The Hall–Kier alpha value is -4.20. The zero-order valence-electron chi connectivity index (χ0n) is 19.2. The van der Waals surface area contributed by atoms with Gasteiger partial charge in [-0.3, -0.25) is 19.0 Å². The molecule has 178 valence electrons. The Kier molecular flexibility index (Phi) is 5.94. The van der Waals surface area contributed by atoms with Crippen LogP contribution >= 0.6 is 0 Å². The molecule has 0 spiro atoms. The van der Waals surface area contributed by atoms with Gasteiger partial charge in [-0.05, 0) is 66.8 Å². The molecule has 8 heteroatoms. The minimum absolute atomic E-state index is 0.121. The van der Waals surface area contributed by atoms with Crippen LogP contribution in [0.2, 0.25) is 0 Å².